The molecule has 1 fully saturated rings. The number of nitrogens with zero attached hydrogens (tertiary/aromatic N) is 1. The van der Waals surface area contributed by atoms with E-state index in [2.05, 4.69) is 24.0 Å². The predicted octanol–water partition coefficient (Wildman–Crippen LogP) is 2.58. The maximum atomic E-state index is 9.66. The molecule has 0 aromatic rings. The quantitative estimate of drug-likeness (QED) is 0.740. The topological polar surface area (TPSA) is 23.5 Å². The molecule has 0 unspecified atom stereocenters. The van der Waals surface area contributed by atoms with E-state index in [1.165, 1.54) is 45.2 Å². The van der Waals surface area contributed by atoms with Gasteiger partial charge >= 0.3 is 0 Å². The molecule has 2 nitrogen and oxygen atoms in total. The Labute approximate surface area is 99.3 Å². The molecular weight excluding hydrogens is 198 g/mol. The molecule has 2 aliphatic rings. The Morgan fingerprint density at radius 1 is 1.44 bits per heavy atom. The third-order valence-corrected chi connectivity index (χ3v) is 4.55. The van der Waals surface area contributed by atoms with Crippen LogP contribution in [0, 0.1) is 5.92 Å². The Morgan fingerprint density at radius 3 is 2.94 bits per heavy atom. The molecule has 92 valence electrons. The van der Waals surface area contributed by atoms with Crippen LogP contribution in [0.1, 0.15) is 45.4 Å². The van der Waals surface area contributed by atoms with Gasteiger partial charge in [0, 0.05) is 12.1 Å². The summed E-state index contributed by atoms with van der Waals surface area (Å²) in [6.07, 6.45) is 12.0. The fraction of sp³-hybridized carbons (Fsp3) is 0.857. The molecule has 1 N–H and O–H groups in total. The molecule has 2 atom stereocenters. The third kappa shape index (κ3) is 2.33. The largest absolute Gasteiger partial charge is 0.394 e. The second-order valence-corrected chi connectivity index (χ2v) is 5.44. The van der Waals surface area contributed by atoms with Crippen molar-refractivity contribution in [3.63, 3.8) is 0 Å². The lowest BCUT2D eigenvalue weighted by Gasteiger charge is -2.38. The van der Waals surface area contributed by atoms with Gasteiger partial charge in [-0.1, -0.05) is 19.1 Å². The number of allylic oxidation sites excluding steroid dienone is 2. The van der Waals surface area contributed by atoms with Crippen LogP contribution in [-0.4, -0.2) is 35.2 Å². The Kier molecular flexibility index (Phi) is 4.04. The van der Waals surface area contributed by atoms with Gasteiger partial charge in [-0.3, -0.25) is 4.90 Å². The molecule has 0 amide bonds. The normalized spacial score (nSPS) is 35.8. The lowest BCUT2D eigenvalue weighted by atomic mass is 9.90. The lowest BCUT2D eigenvalue weighted by Crippen LogP contribution is -2.48. The zero-order valence-electron chi connectivity index (χ0n) is 10.5. The Bertz CT molecular complexity index is 245. The lowest BCUT2D eigenvalue weighted by molar-refractivity contribution is 0.0477. The van der Waals surface area contributed by atoms with E-state index in [-0.39, 0.29) is 5.54 Å². The van der Waals surface area contributed by atoms with Crippen molar-refractivity contribution in [3.8, 4) is 0 Å². The first-order valence-electron chi connectivity index (χ1n) is 6.81. The zero-order chi connectivity index (χ0) is 11.4. The van der Waals surface area contributed by atoms with Crippen LogP contribution in [0.15, 0.2) is 12.2 Å². The maximum Gasteiger partial charge on any atom is 0.0615 e. The Balaban J connectivity index is 1.94. The van der Waals surface area contributed by atoms with E-state index >= 15 is 0 Å². The van der Waals surface area contributed by atoms with Crippen molar-refractivity contribution in [2.24, 2.45) is 5.92 Å². The van der Waals surface area contributed by atoms with Gasteiger partial charge in [-0.25, -0.2) is 0 Å². The fourth-order valence-corrected chi connectivity index (χ4v) is 3.30. The van der Waals surface area contributed by atoms with Crippen LogP contribution in [0.2, 0.25) is 0 Å². The summed E-state index contributed by atoms with van der Waals surface area (Å²) < 4.78 is 0. The number of likely N-dealkylation sites (tertiary alicyclic amines) is 1. The molecule has 1 aliphatic heterocycles. The summed E-state index contributed by atoms with van der Waals surface area (Å²) in [4.78, 5) is 2.57. The fourth-order valence-electron chi connectivity index (χ4n) is 3.30. The highest BCUT2D eigenvalue weighted by molar-refractivity contribution is 4.97. The van der Waals surface area contributed by atoms with Gasteiger partial charge < -0.3 is 5.11 Å². The van der Waals surface area contributed by atoms with Crippen LogP contribution >= 0.6 is 0 Å². The molecular formula is C14H25NO. The van der Waals surface area contributed by atoms with Crippen molar-refractivity contribution in [2.75, 3.05) is 19.7 Å². The first kappa shape index (κ1) is 12.1. The zero-order valence-corrected chi connectivity index (χ0v) is 10.5. The average Bonchev–Trinajstić information content (AvgIpc) is 2.74. The minimum absolute atomic E-state index is 0.112. The molecule has 0 bridgehead atoms. The van der Waals surface area contributed by atoms with Gasteiger partial charge in [0.1, 0.15) is 0 Å². The van der Waals surface area contributed by atoms with Crippen molar-refractivity contribution < 1.29 is 5.11 Å². The minimum atomic E-state index is 0.112. The molecule has 0 aromatic heterocycles. The van der Waals surface area contributed by atoms with Gasteiger partial charge in [-0.15, -0.1) is 0 Å². The summed E-state index contributed by atoms with van der Waals surface area (Å²) >= 11 is 0. The highest BCUT2D eigenvalue weighted by Crippen LogP contribution is 2.34. The van der Waals surface area contributed by atoms with Crippen LogP contribution < -0.4 is 0 Å². The van der Waals surface area contributed by atoms with Gasteiger partial charge in [0.2, 0.25) is 0 Å². The number of rotatable bonds is 4. The van der Waals surface area contributed by atoms with E-state index < -0.39 is 0 Å². The van der Waals surface area contributed by atoms with Gasteiger partial charge in [0.05, 0.1) is 6.61 Å². The summed E-state index contributed by atoms with van der Waals surface area (Å²) in [5.41, 5.74) is 0.112. The highest BCUT2D eigenvalue weighted by atomic mass is 16.3. The summed E-state index contributed by atoms with van der Waals surface area (Å²) in [5.74, 6) is 0.820. The van der Waals surface area contributed by atoms with Gasteiger partial charge in [-0.05, 0) is 51.0 Å². The standard InChI is InChI=1S/C14H25NO/c1-2-14(12-16)9-6-10-15(14)11-13-7-4-3-5-8-13/h3-4,13,16H,2,5-12H2,1H3/t13-,14-/m1/s1. The summed E-state index contributed by atoms with van der Waals surface area (Å²) in [5, 5.41) is 9.66. The number of aliphatic hydroxyl groups is 1. The molecule has 0 spiro atoms. The van der Waals surface area contributed by atoms with Crippen molar-refractivity contribution >= 4 is 0 Å². The highest BCUT2D eigenvalue weighted by Gasteiger charge is 2.39. The smallest absolute Gasteiger partial charge is 0.0615 e. The van der Waals surface area contributed by atoms with Gasteiger partial charge in [0.15, 0.2) is 0 Å². The van der Waals surface area contributed by atoms with E-state index in [1.807, 2.05) is 0 Å². The predicted molar refractivity (Wildman–Crippen MR) is 67.4 cm³/mol. The SMILES string of the molecule is CC[C@]1(CO)CCCN1C[C@@H]1CC=CCC1. The van der Waals surface area contributed by atoms with Gasteiger partial charge in [-0.2, -0.15) is 0 Å². The van der Waals surface area contributed by atoms with E-state index in [0.717, 1.165) is 12.3 Å². The van der Waals surface area contributed by atoms with Crippen LogP contribution in [0.4, 0.5) is 0 Å². The van der Waals surface area contributed by atoms with Crippen LogP contribution in [-0.2, 0) is 0 Å². The van der Waals surface area contributed by atoms with Crippen molar-refractivity contribution in [3.05, 3.63) is 12.2 Å². The molecule has 0 radical (unpaired) electrons. The molecule has 16 heavy (non-hydrogen) atoms. The molecule has 1 heterocycles. The summed E-state index contributed by atoms with van der Waals surface area (Å²) in [7, 11) is 0. The third-order valence-electron chi connectivity index (χ3n) is 4.55. The monoisotopic (exact) mass is 223 g/mol. The average molecular weight is 223 g/mol. The Hall–Kier alpha value is -0.340. The molecule has 1 saturated heterocycles. The summed E-state index contributed by atoms with van der Waals surface area (Å²) in [6.45, 7) is 4.94. The van der Waals surface area contributed by atoms with Crippen molar-refractivity contribution in [1.29, 1.82) is 0 Å². The van der Waals surface area contributed by atoms with E-state index in [4.69, 9.17) is 0 Å². The molecule has 2 rings (SSSR count). The maximum absolute atomic E-state index is 9.66. The second-order valence-electron chi connectivity index (χ2n) is 5.44. The van der Waals surface area contributed by atoms with Gasteiger partial charge in [0.25, 0.3) is 0 Å². The van der Waals surface area contributed by atoms with Crippen LogP contribution in [0.25, 0.3) is 0 Å². The number of hydrogen-bond acceptors (Lipinski definition) is 2. The van der Waals surface area contributed by atoms with Crippen molar-refractivity contribution in [1.82, 2.24) is 4.90 Å². The molecule has 2 heteroatoms. The van der Waals surface area contributed by atoms with E-state index in [0.29, 0.717) is 6.61 Å². The van der Waals surface area contributed by atoms with E-state index in [1.54, 1.807) is 0 Å². The number of aliphatic hydroxyl groups excluding tert-OH is 1. The van der Waals surface area contributed by atoms with Crippen LogP contribution in [0.3, 0.4) is 0 Å². The van der Waals surface area contributed by atoms with Crippen LogP contribution in [0.5, 0.6) is 0 Å². The first-order chi connectivity index (χ1) is 7.80. The van der Waals surface area contributed by atoms with E-state index in [9.17, 15) is 5.11 Å². The Morgan fingerprint density at radius 2 is 2.31 bits per heavy atom. The van der Waals surface area contributed by atoms with Crippen molar-refractivity contribution in [2.45, 2.75) is 51.0 Å². The molecule has 0 saturated carbocycles. The minimum Gasteiger partial charge on any atom is -0.394 e. The molecule has 0 aromatic carbocycles. The summed E-state index contributed by atoms with van der Waals surface area (Å²) in [6, 6.07) is 0. The first-order valence-corrected chi connectivity index (χ1v) is 6.81. The second kappa shape index (κ2) is 5.33. The number of hydrogen-bond donors (Lipinski definition) is 1. The molecule has 1 aliphatic carbocycles.